The van der Waals surface area contributed by atoms with Crippen LogP contribution in [0.5, 0.6) is 0 Å². The third-order valence-corrected chi connectivity index (χ3v) is 4.94. The molecule has 1 saturated carbocycles. The number of nitrogens with one attached hydrogen (secondary N) is 2. The van der Waals surface area contributed by atoms with E-state index in [0.29, 0.717) is 0 Å². The Kier molecular flexibility index (Phi) is 10.4. The molecule has 0 aromatic carbocycles. The lowest BCUT2D eigenvalue weighted by Crippen LogP contribution is -2.40. The van der Waals surface area contributed by atoms with E-state index in [1.54, 1.807) is 0 Å². The van der Waals surface area contributed by atoms with Crippen LogP contribution >= 0.6 is 24.0 Å². The SMILES string of the molecule is CCNC(=NCC1(CCO)CCCCC1)NCCc1cnn(C)c1.I. The van der Waals surface area contributed by atoms with Crippen molar-refractivity contribution in [2.45, 2.75) is 51.9 Å². The van der Waals surface area contributed by atoms with Gasteiger partial charge in [-0.2, -0.15) is 5.10 Å². The van der Waals surface area contributed by atoms with Gasteiger partial charge >= 0.3 is 0 Å². The Bertz CT molecular complexity index is 506. The molecule has 1 aromatic rings. The number of aliphatic hydroxyl groups is 1. The Morgan fingerprint density at radius 1 is 1.32 bits per heavy atom. The highest BCUT2D eigenvalue weighted by Gasteiger charge is 2.31. The molecule has 6 nitrogen and oxygen atoms in total. The fourth-order valence-electron chi connectivity index (χ4n) is 3.54. The van der Waals surface area contributed by atoms with Crippen LogP contribution in [0.4, 0.5) is 0 Å². The maximum absolute atomic E-state index is 9.43. The molecule has 1 heterocycles. The van der Waals surface area contributed by atoms with Gasteiger partial charge < -0.3 is 15.7 Å². The first-order valence-corrected chi connectivity index (χ1v) is 9.28. The summed E-state index contributed by atoms with van der Waals surface area (Å²) in [6.45, 7) is 4.84. The number of aliphatic hydroxyl groups excluding tert-OH is 1. The van der Waals surface area contributed by atoms with Crippen molar-refractivity contribution < 1.29 is 5.11 Å². The van der Waals surface area contributed by atoms with Gasteiger partial charge in [0.2, 0.25) is 0 Å². The smallest absolute Gasteiger partial charge is 0.191 e. The Morgan fingerprint density at radius 3 is 2.68 bits per heavy atom. The molecular weight excluding hydrogens is 429 g/mol. The first-order valence-electron chi connectivity index (χ1n) is 9.28. The first kappa shape index (κ1) is 22.2. The van der Waals surface area contributed by atoms with Gasteiger partial charge in [-0.05, 0) is 43.6 Å². The molecular formula is C18H34IN5O. The molecule has 2 rings (SSSR count). The van der Waals surface area contributed by atoms with Gasteiger partial charge in [0, 0.05) is 39.5 Å². The van der Waals surface area contributed by atoms with Crippen molar-refractivity contribution in [3.63, 3.8) is 0 Å². The predicted molar refractivity (Wildman–Crippen MR) is 114 cm³/mol. The Morgan fingerprint density at radius 2 is 2.08 bits per heavy atom. The van der Waals surface area contributed by atoms with Gasteiger partial charge in [-0.25, -0.2) is 0 Å². The van der Waals surface area contributed by atoms with Crippen LogP contribution in [0.25, 0.3) is 0 Å². The topological polar surface area (TPSA) is 74.5 Å². The summed E-state index contributed by atoms with van der Waals surface area (Å²) < 4.78 is 1.83. The summed E-state index contributed by atoms with van der Waals surface area (Å²) in [7, 11) is 1.94. The molecule has 25 heavy (non-hydrogen) atoms. The second-order valence-corrected chi connectivity index (χ2v) is 6.93. The summed E-state index contributed by atoms with van der Waals surface area (Å²) >= 11 is 0. The Labute approximate surface area is 168 Å². The molecule has 0 saturated heterocycles. The predicted octanol–water partition coefficient (Wildman–Crippen LogP) is 2.47. The molecule has 0 spiro atoms. The van der Waals surface area contributed by atoms with Crippen molar-refractivity contribution in [2.75, 3.05) is 26.2 Å². The van der Waals surface area contributed by atoms with Crippen LogP contribution < -0.4 is 10.6 Å². The minimum Gasteiger partial charge on any atom is -0.396 e. The van der Waals surface area contributed by atoms with Crippen molar-refractivity contribution >= 4 is 29.9 Å². The minimum atomic E-state index is 0. The van der Waals surface area contributed by atoms with E-state index in [9.17, 15) is 5.11 Å². The molecule has 144 valence electrons. The molecule has 0 aliphatic heterocycles. The van der Waals surface area contributed by atoms with Gasteiger partial charge in [-0.3, -0.25) is 9.67 Å². The molecule has 1 fully saturated rings. The van der Waals surface area contributed by atoms with Gasteiger partial charge in [0.15, 0.2) is 5.96 Å². The highest BCUT2D eigenvalue weighted by atomic mass is 127. The van der Waals surface area contributed by atoms with Crippen molar-refractivity contribution in [1.29, 1.82) is 0 Å². The molecule has 0 radical (unpaired) electrons. The highest BCUT2D eigenvalue weighted by molar-refractivity contribution is 14.0. The molecule has 0 unspecified atom stereocenters. The first-order chi connectivity index (χ1) is 11.7. The Hall–Kier alpha value is -0.830. The van der Waals surface area contributed by atoms with Crippen molar-refractivity contribution in [3.05, 3.63) is 18.0 Å². The average Bonchev–Trinajstić information content (AvgIpc) is 2.99. The highest BCUT2D eigenvalue weighted by Crippen LogP contribution is 2.39. The molecule has 7 heteroatoms. The van der Waals surface area contributed by atoms with Gasteiger partial charge in [0.05, 0.1) is 6.20 Å². The second-order valence-electron chi connectivity index (χ2n) is 6.93. The molecule has 1 aliphatic carbocycles. The average molecular weight is 463 g/mol. The normalized spacial score (nSPS) is 17.0. The van der Waals surface area contributed by atoms with Crippen molar-refractivity contribution in [3.8, 4) is 0 Å². The monoisotopic (exact) mass is 463 g/mol. The molecule has 3 N–H and O–H groups in total. The van der Waals surface area contributed by atoms with E-state index in [1.165, 1.54) is 37.7 Å². The largest absolute Gasteiger partial charge is 0.396 e. The van der Waals surface area contributed by atoms with E-state index in [2.05, 4.69) is 22.7 Å². The second kappa shape index (κ2) is 11.7. The lowest BCUT2D eigenvalue weighted by Gasteiger charge is -2.35. The number of aliphatic imine (C=N–C) groups is 1. The van der Waals surface area contributed by atoms with Gasteiger partial charge in [-0.15, -0.1) is 24.0 Å². The molecule has 0 bridgehead atoms. The number of rotatable bonds is 8. The van der Waals surface area contributed by atoms with Crippen LogP contribution in [-0.2, 0) is 13.5 Å². The molecule has 1 aliphatic rings. The number of hydrogen-bond donors (Lipinski definition) is 3. The number of hydrogen-bond acceptors (Lipinski definition) is 3. The minimum absolute atomic E-state index is 0. The zero-order chi connectivity index (χ0) is 17.3. The van der Waals surface area contributed by atoms with E-state index < -0.39 is 0 Å². The zero-order valence-electron chi connectivity index (χ0n) is 15.6. The number of guanidine groups is 1. The molecule has 1 aromatic heterocycles. The molecule has 0 amide bonds. The van der Waals surface area contributed by atoms with Crippen LogP contribution in [0.1, 0.15) is 51.0 Å². The van der Waals surface area contributed by atoms with E-state index in [4.69, 9.17) is 4.99 Å². The van der Waals surface area contributed by atoms with Gasteiger partial charge in [-0.1, -0.05) is 19.3 Å². The maximum atomic E-state index is 9.43. The van der Waals surface area contributed by atoms with Crippen LogP contribution in [-0.4, -0.2) is 47.1 Å². The summed E-state index contributed by atoms with van der Waals surface area (Å²) in [5.41, 5.74) is 1.42. The van der Waals surface area contributed by atoms with Crippen LogP contribution in [0, 0.1) is 5.41 Å². The summed E-state index contributed by atoms with van der Waals surface area (Å²) in [4.78, 5) is 4.83. The number of aryl methyl sites for hydroxylation is 1. The van der Waals surface area contributed by atoms with Crippen molar-refractivity contribution in [1.82, 2.24) is 20.4 Å². The fourth-order valence-corrected chi connectivity index (χ4v) is 3.54. The van der Waals surface area contributed by atoms with E-state index in [-0.39, 0.29) is 36.0 Å². The quantitative estimate of drug-likeness (QED) is 0.315. The van der Waals surface area contributed by atoms with Crippen LogP contribution in [0.2, 0.25) is 0 Å². The summed E-state index contributed by atoms with van der Waals surface area (Å²) in [6, 6.07) is 0. The summed E-state index contributed by atoms with van der Waals surface area (Å²) in [5.74, 6) is 0.879. The lowest BCUT2D eigenvalue weighted by molar-refractivity contribution is 0.137. The van der Waals surface area contributed by atoms with Gasteiger partial charge in [0.25, 0.3) is 0 Å². The van der Waals surface area contributed by atoms with E-state index >= 15 is 0 Å². The summed E-state index contributed by atoms with van der Waals surface area (Å²) in [5, 5.41) is 20.4. The maximum Gasteiger partial charge on any atom is 0.191 e. The van der Waals surface area contributed by atoms with E-state index in [1.807, 2.05) is 24.1 Å². The fraction of sp³-hybridized carbons (Fsp3) is 0.778. The number of halogens is 1. The standard InChI is InChI=1S/C18H33N5O.HI/c1-3-19-17(20-11-7-16-13-22-23(2)14-16)21-15-18(10-12-24)8-5-4-6-9-18;/h13-14,24H,3-12,15H2,1-2H3,(H2,19,20,21);1H. The summed E-state index contributed by atoms with van der Waals surface area (Å²) in [6.07, 6.45) is 12.0. The van der Waals surface area contributed by atoms with Crippen molar-refractivity contribution in [2.24, 2.45) is 17.5 Å². The number of nitrogens with zero attached hydrogens (tertiary/aromatic N) is 3. The van der Waals surface area contributed by atoms with Crippen LogP contribution in [0.15, 0.2) is 17.4 Å². The zero-order valence-corrected chi connectivity index (χ0v) is 18.0. The number of aromatic nitrogens is 2. The third-order valence-electron chi connectivity index (χ3n) is 4.94. The van der Waals surface area contributed by atoms with Crippen LogP contribution in [0.3, 0.4) is 0 Å². The van der Waals surface area contributed by atoms with E-state index in [0.717, 1.165) is 38.4 Å². The Balaban J connectivity index is 0.00000312. The van der Waals surface area contributed by atoms with Gasteiger partial charge in [0.1, 0.15) is 0 Å². The lowest BCUT2D eigenvalue weighted by atomic mass is 9.72. The molecule has 0 atom stereocenters. The third kappa shape index (κ3) is 7.52.